The number of nitrogens with one attached hydrogen (secondary N) is 2. The average Bonchev–Trinajstić information content (AvgIpc) is 2.59. The predicted molar refractivity (Wildman–Crippen MR) is 85.3 cm³/mol. The molecule has 1 saturated heterocycles. The summed E-state index contributed by atoms with van der Waals surface area (Å²) >= 11 is 0. The van der Waals surface area contributed by atoms with Gasteiger partial charge in [-0.15, -0.1) is 10.3 Å². The van der Waals surface area contributed by atoms with Gasteiger partial charge >= 0.3 is 0 Å². The molecule has 0 aliphatic carbocycles. The summed E-state index contributed by atoms with van der Waals surface area (Å²) in [6, 6.07) is 5.56. The molecule has 1 aliphatic rings. The maximum Gasteiger partial charge on any atom is 0.209 e. The number of nitriles is 1. The van der Waals surface area contributed by atoms with Crippen LogP contribution in [0, 0.1) is 17.3 Å². The van der Waals surface area contributed by atoms with Crippen molar-refractivity contribution in [3.8, 4) is 6.19 Å². The van der Waals surface area contributed by atoms with E-state index in [0.717, 1.165) is 5.06 Å². The molecule has 7 heteroatoms. The molecule has 1 fully saturated rings. The van der Waals surface area contributed by atoms with Crippen LogP contribution >= 0.6 is 0 Å². The topological polar surface area (TPSA) is 83.3 Å². The van der Waals surface area contributed by atoms with E-state index in [1.807, 2.05) is 33.9 Å². The molecule has 0 spiro atoms. The fourth-order valence-corrected chi connectivity index (χ4v) is 2.93. The molecule has 1 aromatic carbocycles. The van der Waals surface area contributed by atoms with Gasteiger partial charge in [0.25, 0.3) is 0 Å². The van der Waals surface area contributed by atoms with Gasteiger partial charge in [-0.2, -0.15) is 5.26 Å². The van der Waals surface area contributed by atoms with Crippen molar-refractivity contribution in [3.63, 3.8) is 0 Å². The molecule has 2 rings (SSSR count). The second kappa shape index (κ2) is 6.14. The van der Waals surface area contributed by atoms with Crippen LogP contribution in [0.1, 0.15) is 34.1 Å². The Morgan fingerprint density at radius 3 is 2.65 bits per heavy atom. The molecular weight excluding hydrogens is 297 g/mol. The van der Waals surface area contributed by atoms with Gasteiger partial charge < -0.3 is 5.32 Å². The van der Waals surface area contributed by atoms with Crippen LogP contribution in [-0.2, 0) is 5.21 Å². The van der Waals surface area contributed by atoms with Crippen LogP contribution in [0.4, 0.5) is 10.1 Å². The minimum absolute atomic E-state index is 0.197. The number of hydroxylamine groups is 2. The number of anilines is 1. The predicted octanol–water partition coefficient (Wildman–Crippen LogP) is 2.64. The number of rotatable bonds is 2. The highest BCUT2D eigenvalue weighted by Crippen LogP contribution is 2.41. The lowest BCUT2D eigenvalue weighted by atomic mass is 9.95. The van der Waals surface area contributed by atoms with Crippen LogP contribution in [0.3, 0.4) is 0 Å². The highest BCUT2D eigenvalue weighted by Gasteiger charge is 2.52. The third kappa shape index (κ3) is 3.60. The molecular formula is C16H21FN5O. The Labute approximate surface area is 135 Å². The number of halogens is 1. The molecule has 1 radical (unpaired) electrons. The Kier molecular flexibility index (Phi) is 4.59. The van der Waals surface area contributed by atoms with E-state index >= 15 is 0 Å². The summed E-state index contributed by atoms with van der Waals surface area (Å²) in [6.45, 7) is 7.40. The minimum atomic E-state index is -0.699. The minimum Gasteiger partial charge on any atom is -0.325 e. The van der Waals surface area contributed by atoms with Crippen molar-refractivity contribution in [3.05, 3.63) is 30.1 Å². The Morgan fingerprint density at radius 1 is 1.43 bits per heavy atom. The molecule has 0 aromatic heterocycles. The highest BCUT2D eigenvalue weighted by atomic mass is 19.1. The first-order valence-electron chi connectivity index (χ1n) is 7.40. The molecule has 123 valence electrons. The first-order valence-corrected chi connectivity index (χ1v) is 7.40. The Morgan fingerprint density at radius 2 is 2.13 bits per heavy atom. The van der Waals surface area contributed by atoms with Gasteiger partial charge in [0, 0.05) is 11.2 Å². The van der Waals surface area contributed by atoms with Gasteiger partial charge in [-0.25, -0.2) is 9.38 Å². The Balaban J connectivity index is 2.27. The molecule has 1 atom stereocenters. The molecule has 6 nitrogen and oxygen atoms in total. The molecule has 1 aromatic rings. The quantitative estimate of drug-likeness (QED) is 0.380. The summed E-state index contributed by atoms with van der Waals surface area (Å²) < 4.78 is 13.3. The van der Waals surface area contributed by atoms with Gasteiger partial charge in [0.2, 0.25) is 5.96 Å². The summed E-state index contributed by atoms with van der Waals surface area (Å²) in [4.78, 5) is 4.50. The third-order valence-corrected chi connectivity index (χ3v) is 4.13. The van der Waals surface area contributed by atoms with Crippen LogP contribution in [0.15, 0.2) is 29.3 Å². The standard InChI is InChI=1S/C16H21FN5O/c1-15(2)9-13(16(3,4)22(15)23)21-14(19-10-18)20-12-7-5-6-11(17)8-12/h5-8,13H,9H2,1-4H3,(H2,19,20,21). The van der Waals surface area contributed by atoms with Gasteiger partial charge in [0.15, 0.2) is 6.19 Å². The van der Waals surface area contributed by atoms with E-state index in [1.54, 1.807) is 12.1 Å². The van der Waals surface area contributed by atoms with Crippen LogP contribution in [0.5, 0.6) is 0 Å². The number of nitrogens with zero attached hydrogens (tertiary/aromatic N) is 3. The van der Waals surface area contributed by atoms with E-state index in [2.05, 4.69) is 15.6 Å². The number of hydrogen-bond donors (Lipinski definition) is 2. The number of guanidine groups is 1. The van der Waals surface area contributed by atoms with E-state index in [0.29, 0.717) is 12.1 Å². The number of benzene rings is 1. The molecule has 0 bridgehead atoms. The van der Waals surface area contributed by atoms with Crippen molar-refractivity contribution in [1.82, 2.24) is 10.4 Å². The molecule has 23 heavy (non-hydrogen) atoms. The lowest BCUT2D eigenvalue weighted by Crippen LogP contribution is -2.47. The lowest BCUT2D eigenvalue weighted by Gasteiger charge is -2.32. The van der Waals surface area contributed by atoms with Crippen LogP contribution < -0.4 is 10.6 Å². The zero-order chi connectivity index (χ0) is 17.3. The van der Waals surface area contributed by atoms with Crippen molar-refractivity contribution in [2.75, 3.05) is 5.32 Å². The van der Waals surface area contributed by atoms with E-state index in [-0.39, 0.29) is 17.8 Å². The average molecular weight is 318 g/mol. The fraction of sp³-hybridized carbons (Fsp3) is 0.500. The Hall–Kier alpha value is -2.17. The fourth-order valence-electron chi connectivity index (χ4n) is 2.93. The molecule has 0 amide bonds. The first-order chi connectivity index (χ1) is 10.7. The smallest absolute Gasteiger partial charge is 0.209 e. The molecule has 1 unspecified atom stereocenters. The summed E-state index contributed by atoms with van der Waals surface area (Å²) in [6.07, 6.45) is 2.37. The SMILES string of the molecule is CC1(C)CC(N=C(NC#N)Nc2cccc(F)c2)C(C)(C)N1[O]. The Bertz CT molecular complexity index is 650. The van der Waals surface area contributed by atoms with Gasteiger partial charge in [0.05, 0.1) is 11.6 Å². The molecule has 1 aliphatic heterocycles. The maximum atomic E-state index is 13.3. The number of aliphatic imine (C=N–C) groups is 1. The van der Waals surface area contributed by atoms with Crippen molar-refractivity contribution >= 4 is 11.6 Å². The van der Waals surface area contributed by atoms with Gasteiger partial charge in [-0.1, -0.05) is 6.07 Å². The highest BCUT2D eigenvalue weighted by molar-refractivity contribution is 5.94. The van der Waals surface area contributed by atoms with Crippen molar-refractivity contribution in [2.45, 2.75) is 51.2 Å². The van der Waals surface area contributed by atoms with E-state index in [4.69, 9.17) is 5.26 Å². The van der Waals surface area contributed by atoms with Crippen LogP contribution in [-0.4, -0.2) is 28.1 Å². The summed E-state index contributed by atoms with van der Waals surface area (Å²) in [7, 11) is 0. The van der Waals surface area contributed by atoms with E-state index in [1.165, 1.54) is 12.1 Å². The molecule has 1 heterocycles. The molecule has 2 N–H and O–H groups in total. The summed E-state index contributed by atoms with van der Waals surface area (Å²) in [5.74, 6) is -0.193. The van der Waals surface area contributed by atoms with Gasteiger partial charge in [-0.05, 0) is 52.3 Å². The largest absolute Gasteiger partial charge is 0.325 e. The van der Waals surface area contributed by atoms with Gasteiger partial charge in [0.1, 0.15) is 5.82 Å². The van der Waals surface area contributed by atoms with Crippen LogP contribution in [0.2, 0.25) is 0 Å². The second-order valence-corrected chi connectivity index (χ2v) is 6.83. The maximum absolute atomic E-state index is 13.3. The monoisotopic (exact) mass is 318 g/mol. The zero-order valence-corrected chi connectivity index (χ0v) is 13.7. The van der Waals surface area contributed by atoms with Crippen LogP contribution in [0.25, 0.3) is 0 Å². The lowest BCUT2D eigenvalue weighted by molar-refractivity contribution is -0.245. The van der Waals surface area contributed by atoms with E-state index < -0.39 is 11.1 Å². The van der Waals surface area contributed by atoms with Crippen molar-refractivity contribution in [2.24, 2.45) is 4.99 Å². The van der Waals surface area contributed by atoms with Crippen molar-refractivity contribution in [1.29, 1.82) is 5.26 Å². The second-order valence-electron chi connectivity index (χ2n) is 6.83. The van der Waals surface area contributed by atoms with Crippen molar-refractivity contribution < 1.29 is 9.60 Å². The normalized spacial score (nSPS) is 23.3. The first kappa shape index (κ1) is 17.2. The summed E-state index contributed by atoms with van der Waals surface area (Å²) in [5.41, 5.74) is -0.760. The summed E-state index contributed by atoms with van der Waals surface area (Å²) in [5, 5.41) is 27.7. The van der Waals surface area contributed by atoms with E-state index in [9.17, 15) is 9.60 Å². The molecule has 0 saturated carbocycles. The van der Waals surface area contributed by atoms with Gasteiger partial charge in [-0.3, -0.25) is 5.32 Å². The number of hydrogen-bond acceptors (Lipinski definition) is 3. The third-order valence-electron chi connectivity index (χ3n) is 4.13. The zero-order valence-electron chi connectivity index (χ0n) is 13.7.